The molecule has 2 heterocycles. The first-order valence-electron chi connectivity index (χ1n) is 4.47. The lowest BCUT2D eigenvalue weighted by molar-refractivity contribution is -0.758. The number of hydrogen-bond acceptors (Lipinski definition) is 7. The first-order chi connectivity index (χ1) is 8.09. The molecule has 0 aliphatic carbocycles. The van der Waals surface area contributed by atoms with Gasteiger partial charge in [-0.1, -0.05) is 0 Å². The number of nitrogens with zero attached hydrogens (tertiary/aromatic N) is 2. The molecule has 0 bridgehead atoms. The molecule has 0 spiro atoms. The minimum absolute atomic E-state index is 0.219. The minimum atomic E-state index is -0.990. The highest BCUT2D eigenvalue weighted by atomic mass is 32.1. The fourth-order valence-electron chi connectivity index (χ4n) is 1.30. The van der Waals surface area contributed by atoms with Gasteiger partial charge in [-0.25, -0.2) is 9.36 Å². The fraction of sp³-hybridized carbons (Fsp3) is 0.250. The summed E-state index contributed by atoms with van der Waals surface area (Å²) in [7, 11) is 0. The summed E-state index contributed by atoms with van der Waals surface area (Å²) in [4.78, 5) is 37.1. The molecule has 0 radical (unpaired) electrons. The van der Waals surface area contributed by atoms with E-state index in [1.807, 2.05) is 0 Å². The van der Waals surface area contributed by atoms with Crippen molar-refractivity contribution in [2.24, 2.45) is 0 Å². The Hall–Kier alpha value is -2.16. The summed E-state index contributed by atoms with van der Waals surface area (Å²) >= 11 is 1.23. The summed E-state index contributed by atoms with van der Waals surface area (Å²) in [6.45, 7) is -0.610. The van der Waals surface area contributed by atoms with Gasteiger partial charge in [0.25, 0.3) is 10.6 Å². The van der Waals surface area contributed by atoms with Crippen molar-refractivity contribution in [3.05, 3.63) is 41.8 Å². The predicted octanol–water partition coefficient (Wildman–Crippen LogP) is 0.224. The van der Waals surface area contributed by atoms with Crippen LogP contribution < -0.4 is 11.3 Å². The van der Waals surface area contributed by atoms with Crippen molar-refractivity contribution in [1.82, 2.24) is 4.57 Å². The van der Waals surface area contributed by atoms with E-state index in [0.29, 0.717) is 0 Å². The molecule has 0 aliphatic heterocycles. The van der Waals surface area contributed by atoms with Crippen LogP contribution in [0.3, 0.4) is 0 Å². The molecule has 2 aromatic rings. The average molecular weight is 258 g/mol. The third kappa shape index (κ3) is 2.18. The molecule has 0 aliphatic rings. The van der Waals surface area contributed by atoms with Crippen LogP contribution in [-0.2, 0) is 11.4 Å². The molecule has 0 aromatic carbocycles. The Bertz CT molecular complexity index is 668. The van der Waals surface area contributed by atoms with Crippen LogP contribution in [0.4, 0.5) is 0 Å². The van der Waals surface area contributed by atoms with Gasteiger partial charge < -0.3 is 9.25 Å². The van der Waals surface area contributed by atoms with Crippen LogP contribution in [0.5, 0.6) is 0 Å². The standard InChI is InChI=1S/C8H6N2O6S/c11-7-5-3-17-4-6(5)16-8(12)9(7)1-2-15-10(13)14/h3-4H,1-2H2. The molecule has 0 saturated carbocycles. The summed E-state index contributed by atoms with van der Waals surface area (Å²) in [5.74, 6) is -0.854. The van der Waals surface area contributed by atoms with Gasteiger partial charge in [0.2, 0.25) is 0 Å². The monoisotopic (exact) mass is 258 g/mol. The van der Waals surface area contributed by atoms with Crippen molar-refractivity contribution in [1.29, 1.82) is 0 Å². The van der Waals surface area contributed by atoms with E-state index in [-0.39, 0.29) is 24.1 Å². The molecule has 0 atom stereocenters. The quantitative estimate of drug-likeness (QED) is 0.574. The Labute approximate surface area is 96.8 Å². The maximum absolute atomic E-state index is 11.8. The maximum Gasteiger partial charge on any atom is 0.422 e. The summed E-state index contributed by atoms with van der Waals surface area (Å²) in [5.41, 5.74) is -0.319. The number of fused-ring (bicyclic) bond motifs is 1. The molecule has 9 heteroatoms. The van der Waals surface area contributed by atoms with Crippen LogP contribution in [0.1, 0.15) is 0 Å². The van der Waals surface area contributed by atoms with E-state index in [2.05, 4.69) is 4.84 Å². The van der Waals surface area contributed by atoms with Crippen molar-refractivity contribution in [3.8, 4) is 0 Å². The van der Waals surface area contributed by atoms with Crippen LogP contribution in [0.25, 0.3) is 11.0 Å². The zero-order valence-electron chi connectivity index (χ0n) is 8.32. The van der Waals surface area contributed by atoms with Crippen LogP contribution in [0.15, 0.2) is 24.8 Å². The number of rotatable bonds is 4. The van der Waals surface area contributed by atoms with Crippen molar-refractivity contribution < 1.29 is 14.3 Å². The van der Waals surface area contributed by atoms with E-state index in [1.165, 1.54) is 16.7 Å². The summed E-state index contributed by atoms with van der Waals surface area (Å²) in [6, 6.07) is 0. The van der Waals surface area contributed by atoms with Gasteiger partial charge in [-0.05, 0) is 0 Å². The molecule has 0 saturated heterocycles. The summed E-state index contributed by atoms with van der Waals surface area (Å²) in [6.07, 6.45) is 0. The average Bonchev–Trinajstić information content (AvgIpc) is 2.70. The van der Waals surface area contributed by atoms with Crippen molar-refractivity contribution >= 4 is 22.3 Å². The Balaban J connectivity index is 2.36. The third-order valence-corrected chi connectivity index (χ3v) is 2.75. The van der Waals surface area contributed by atoms with Crippen LogP contribution >= 0.6 is 11.3 Å². The number of hydrogen-bond donors (Lipinski definition) is 0. The molecule has 0 fully saturated rings. The lowest BCUT2D eigenvalue weighted by Crippen LogP contribution is -2.33. The lowest BCUT2D eigenvalue weighted by atomic mass is 10.4. The van der Waals surface area contributed by atoms with Crippen LogP contribution in [0.2, 0.25) is 0 Å². The maximum atomic E-state index is 11.8. The molecule has 90 valence electrons. The van der Waals surface area contributed by atoms with Gasteiger partial charge in [0.15, 0.2) is 5.58 Å². The normalized spacial score (nSPS) is 10.6. The van der Waals surface area contributed by atoms with E-state index in [9.17, 15) is 19.7 Å². The molecule has 8 nitrogen and oxygen atoms in total. The smallest absolute Gasteiger partial charge is 0.408 e. The van der Waals surface area contributed by atoms with Gasteiger partial charge in [0, 0.05) is 10.8 Å². The van der Waals surface area contributed by atoms with Crippen molar-refractivity contribution in [2.75, 3.05) is 6.61 Å². The number of aromatic nitrogens is 1. The highest BCUT2D eigenvalue weighted by Gasteiger charge is 2.10. The molecule has 17 heavy (non-hydrogen) atoms. The zero-order chi connectivity index (χ0) is 12.4. The van der Waals surface area contributed by atoms with Crippen molar-refractivity contribution in [2.45, 2.75) is 6.54 Å². The highest BCUT2D eigenvalue weighted by Crippen LogP contribution is 2.12. The second kappa shape index (κ2) is 4.37. The SMILES string of the molecule is O=c1oc2cscc2c(=O)n1CCO[N+](=O)[O-]. The lowest BCUT2D eigenvalue weighted by Gasteiger charge is -2.02. The Morgan fingerprint density at radius 3 is 2.94 bits per heavy atom. The Morgan fingerprint density at radius 1 is 1.47 bits per heavy atom. The second-order valence-electron chi connectivity index (χ2n) is 3.03. The van der Waals surface area contributed by atoms with E-state index >= 15 is 0 Å². The minimum Gasteiger partial charge on any atom is -0.408 e. The van der Waals surface area contributed by atoms with Gasteiger partial charge >= 0.3 is 5.76 Å². The van der Waals surface area contributed by atoms with Crippen LogP contribution in [0, 0.1) is 10.1 Å². The summed E-state index contributed by atoms with van der Waals surface area (Å²) < 4.78 is 5.63. The van der Waals surface area contributed by atoms with E-state index in [1.54, 1.807) is 5.38 Å². The van der Waals surface area contributed by atoms with Crippen molar-refractivity contribution in [3.63, 3.8) is 0 Å². The van der Waals surface area contributed by atoms with E-state index in [0.717, 1.165) is 4.57 Å². The predicted molar refractivity (Wildman–Crippen MR) is 57.6 cm³/mol. The molecule has 0 unspecified atom stereocenters. The fourth-order valence-corrected chi connectivity index (χ4v) is 2.02. The first kappa shape index (κ1) is 11.3. The summed E-state index contributed by atoms with van der Waals surface area (Å²) in [5, 5.41) is 12.3. The second-order valence-corrected chi connectivity index (χ2v) is 3.77. The molecule has 2 aromatic heterocycles. The van der Waals surface area contributed by atoms with Crippen LogP contribution in [-0.4, -0.2) is 16.3 Å². The highest BCUT2D eigenvalue weighted by molar-refractivity contribution is 7.09. The van der Waals surface area contributed by atoms with E-state index < -0.39 is 16.4 Å². The van der Waals surface area contributed by atoms with Gasteiger partial charge in [-0.15, -0.1) is 21.5 Å². The van der Waals surface area contributed by atoms with E-state index in [4.69, 9.17) is 4.42 Å². The molecular formula is C8H6N2O6S. The number of thiophene rings is 1. The molecule has 2 rings (SSSR count). The van der Waals surface area contributed by atoms with Gasteiger partial charge in [0.05, 0.1) is 11.9 Å². The van der Waals surface area contributed by atoms with Gasteiger partial charge in [-0.3, -0.25) is 4.79 Å². The zero-order valence-corrected chi connectivity index (χ0v) is 9.14. The largest absolute Gasteiger partial charge is 0.422 e. The molecule has 0 N–H and O–H groups in total. The Kier molecular flexibility index (Phi) is 2.91. The van der Waals surface area contributed by atoms with Gasteiger partial charge in [-0.2, -0.15) is 0 Å². The topological polar surface area (TPSA) is 105 Å². The molecular weight excluding hydrogens is 252 g/mol. The van der Waals surface area contributed by atoms with Gasteiger partial charge in [0.1, 0.15) is 6.61 Å². The third-order valence-electron chi connectivity index (χ3n) is 2.03. The Morgan fingerprint density at radius 2 is 2.24 bits per heavy atom. The molecule has 0 amide bonds. The first-order valence-corrected chi connectivity index (χ1v) is 5.41.